The summed E-state index contributed by atoms with van der Waals surface area (Å²) in [5.74, 6) is 1.12. The molecule has 0 atom stereocenters. The summed E-state index contributed by atoms with van der Waals surface area (Å²) in [6.45, 7) is 6.53. The van der Waals surface area contributed by atoms with Crippen LogP contribution in [0, 0.1) is 5.41 Å². The summed E-state index contributed by atoms with van der Waals surface area (Å²) in [5.41, 5.74) is 3.19. The largest absolute Gasteiger partial charge is 0.493 e. The summed E-state index contributed by atoms with van der Waals surface area (Å²) < 4.78 is 6.97. The Labute approximate surface area is 130 Å². The van der Waals surface area contributed by atoms with E-state index >= 15 is 0 Å². The van der Waals surface area contributed by atoms with Crippen molar-refractivity contribution in [2.75, 3.05) is 6.61 Å². The van der Waals surface area contributed by atoms with Crippen molar-refractivity contribution in [1.29, 1.82) is 0 Å². The number of hydrogen-bond donors (Lipinski definition) is 1. The van der Waals surface area contributed by atoms with Gasteiger partial charge in [0.25, 0.3) is 0 Å². The first kappa shape index (κ1) is 14.4. The Morgan fingerprint density at radius 3 is 2.80 bits per heavy atom. The van der Waals surface area contributed by atoms with Gasteiger partial charge in [0, 0.05) is 29.0 Å². The molecule has 1 aromatic carbocycles. The van der Waals surface area contributed by atoms with E-state index in [1.54, 1.807) is 0 Å². The molecule has 3 rings (SSSR count). The topological polar surface area (TPSA) is 21.3 Å². The van der Waals surface area contributed by atoms with Crippen LogP contribution in [-0.4, -0.2) is 12.6 Å². The molecule has 0 saturated heterocycles. The molecule has 1 aliphatic carbocycles. The number of rotatable bonds is 3. The van der Waals surface area contributed by atoms with Gasteiger partial charge in [-0.2, -0.15) is 0 Å². The van der Waals surface area contributed by atoms with E-state index < -0.39 is 0 Å². The van der Waals surface area contributed by atoms with E-state index in [0.717, 1.165) is 25.3 Å². The van der Waals surface area contributed by atoms with Gasteiger partial charge < -0.3 is 10.1 Å². The van der Waals surface area contributed by atoms with Gasteiger partial charge in [-0.25, -0.2) is 0 Å². The van der Waals surface area contributed by atoms with Gasteiger partial charge >= 0.3 is 0 Å². The van der Waals surface area contributed by atoms with Crippen LogP contribution in [0.4, 0.5) is 0 Å². The maximum atomic E-state index is 5.80. The fourth-order valence-corrected chi connectivity index (χ4v) is 3.89. The van der Waals surface area contributed by atoms with Crippen LogP contribution in [0.3, 0.4) is 0 Å². The molecule has 0 unspecified atom stereocenters. The van der Waals surface area contributed by atoms with Crippen LogP contribution in [0.2, 0.25) is 0 Å². The van der Waals surface area contributed by atoms with Gasteiger partial charge in [-0.05, 0) is 48.8 Å². The first-order valence-corrected chi connectivity index (χ1v) is 8.50. The number of ether oxygens (including phenoxy) is 1. The molecule has 1 fully saturated rings. The second kappa shape index (κ2) is 5.69. The molecule has 0 radical (unpaired) electrons. The molecule has 2 aliphatic rings. The summed E-state index contributed by atoms with van der Waals surface area (Å²) in [7, 11) is 0. The lowest BCUT2D eigenvalue weighted by atomic mass is 9.75. The molecular formula is C17H24BrNO. The van der Waals surface area contributed by atoms with Crippen LogP contribution in [0.25, 0.3) is 0 Å². The summed E-state index contributed by atoms with van der Waals surface area (Å²) in [5, 5.41) is 3.73. The predicted molar refractivity (Wildman–Crippen MR) is 86.2 cm³/mol. The molecule has 0 aromatic heterocycles. The van der Waals surface area contributed by atoms with E-state index in [2.05, 4.69) is 47.2 Å². The standard InChI is InChI=1S/C17H24BrNO/c1-17(2)6-3-15(4-7-17)19-11-13-10-14(18)9-12-5-8-20-16(12)13/h9-10,15,19H,3-8,11H2,1-2H3. The zero-order valence-corrected chi connectivity index (χ0v) is 14.1. The average Bonchev–Trinajstić information content (AvgIpc) is 2.85. The molecule has 1 aromatic rings. The lowest BCUT2D eigenvalue weighted by Crippen LogP contribution is -2.35. The van der Waals surface area contributed by atoms with E-state index in [0.29, 0.717) is 11.5 Å². The second-order valence-electron chi connectivity index (χ2n) is 6.97. The quantitative estimate of drug-likeness (QED) is 0.880. The third kappa shape index (κ3) is 3.20. The van der Waals surface area contributed by atoms with E-state index in [1.807, 2.05) is 0 Å². The summed E-state index contributed by atoms with van der Waals surface area (Å²) in [6, 6.07) is 5.05. The smallest absolute Gasteiger partial charge is 0.127 e. The molecule has 0 amide bonds. The molecular weight excluding hydrogens is 314 g/mol. The SMILES string of the molecule is CC1(C)CCC(NCc2cc(Br)cc3c2OCC3)CC1. The fraction of sp³-hybridized carbons (Fsp3) is 0.647. The highest BCUT2D eigenvalue weighted by molar-refractivity contribution is 9.10. The fourth-order valence-electron chi connectivity index (χ4n) is 3.34. The van der Waals surface area contributed by atoms with Crippen molar-refractivity contribution < 1.29 is 4.74 Å². The molecule has 110 valence electrons. The van der Waals surface area contributed by atoms with Crippen LogP contribution in [-0.2, 0) is 13.0 Å². The monoisotopic (exact) mass is 337 g/mol. The van der Waals surface area contributed by atoms with Gasteiger partial charge in [-0.1, -0.05) is 29.8 Å². The normalized spacial score (nSPS) is 21.6. The van der Waals surface area contributed by atoms with Gasteiger partial charge in [0.05, 0.1) is 6.61 Å². The Bertz CT molecular complexity index is 488. The van der Waals surface area contributed by atoms with Crippen molar-refractivity contribution in [3.05, 3.63) is 27.7 Å². The first-order chi connectivity index (χ1) is 9.53. The van der Waals surface area contributed by atoms with Crippen molar-refractivity contribution in [2.24, 2.45) is 5.41 Å². The Morgan fingerprint density at radius 1 is 1.30 bits per heavy atom. The second-order valence-corrected chi connectivity index (χ2v) is 7.89. The van der Waals surface area contributed by atoms with E-state index in [1.165, 1.54) is 41.3 Å². The number of nitrogens with one attached hydrogen (secondary N) is 1. The summed E-state index contributed by atoms with van der Waals surface area (Å²) in [6.07, 6.45) is 6.29. The van der Waals surface area contributed by atoms with Crippen molar-refractivity contribution in [3.8, 4) is 5.75 Å². The van der Waals surface area contributed by atoms with Crippen molar-refractivity contribution in [1.82, 2.24) is 5.32 Å². The molecule has 2 nitrogen and oxygen atoms in total. The van der Waals surface area contributed by atoms with Crippen LogP contribution < -0.4 is 10.1 Å². The molecule has 0 spiro atoms. The highest BCUT2D eigenvalue weighted by Gasteiger charge is 2.26. The molecule has 20 heavy (non-hydrogen) atoms. The first-order valence-electron chi connectivity index (χ1n) is 7.71. The highest BCUT2D eigenvalue weighted by atomic mass is 79.9. The van der Waals surface area contributed by atoms with Crippen LogP contribution in [0.1, 0.15) is 50.7 Å². The molecule has 3 heteroatoms. The third-order valence-corrected chi connectivity index (χ3v) is 5.20. The zero-order valence-electron chi connectivity index (χ0n) is 12.5. The van der Waals surface area contributed by atoms with E-state index in [4.69, 9.17) is 4.74 Å². The maximum Gasteiger partial charge on any atom is 0.127 e. The van der Waals surface area contributed by atoms with Crippen molar-refractivity contribution in [2.45, 2.75) is 58.5 Å². The van der Waals surface area contributed by atoms with Crippen LogP contribution in [0.5, 0.6) is 5.75 Å². The average molecular weight is 338 g/mol. The number of fused-ring (bicyclic) bond motifs is 1. The number of halogens is 1. The van der Waals surface area contributed by atoms with E-state index in [9.17, 15) is 0 Å². The Kier molecular flexibility index (Phi) is 4.09. The molecule has 1 N–H and O–H groups in total. The Hall–Kier alpha value is -0.540. The minimum Gasteiger partial charge on any atom is -0.493 e. The van der Waals surface area contributed by atoms with Gasteiger partial charge in [-0.3, -0.25) is 0 Å². The van der Waals surface area contributed by atoms with Gasteiger partial charge in [0.2, 0.25) is 0 Å². The number of hydrogen-bond acceptors (Lipinski definition) is 2. The lowest BCUT2D eigenvalue weighted by molar-refractivity contribution is 0.205. The Morgan fingerprint density at radius 2 is 2.05 bits per heavy atom. The molecule has 0 bridgehead atoms. The highest BCUT2D eigenvalue weighted by Crippen LogP contribution is 2.36. The minimum atomic E-state index is 0.540. The molecule has 1 saturated carbocycles. The van der Waals surface area contributed by atoms with Crippen LogP contribution >= 0.6 is 15.9 Å². The van der Waals surface area contributed by atoms with Crippen molar-refractivity contribution >= 4 is 15.9 Å². The lowest BCUT2D eigenvalue weighted by Gasteiger charge is -2.34. The molecule has 1 heterocycles. The van der Waals surface area contributed by atoms with Gasteiger partial charge in [0.1, 0.15) is 5.75 Å². The zero-order chi connectivity index (χ0) is 14.2. The summed E-state index contributed by atoms with van der Waals surface area (Å²) in [4.78, 5) is 0. The maximum absolute atomic E-state index is 5.80. The van der Waals surface area contributed by atoms with Crippen LogP contribution in [0.15, 0.2) is 16.6 Å². The van der Waals surface area contributed by atoms with E-state index in [-0.39, 0.29) is 0 Å². The summed E-state index contributed by atoms with van der Waals surface area (Å²) >= 11 is 3.61. The third-order valence-electron chi connectivity index (χ3n) is 4.75. The minimum absolute atomic E-state index is 0.540. The van der Waals surface area contributed by atoms with Gasteiger partial charge in [-0.15, -0.1) is 0 Å². The Balaban J connectivity index is 1.62. The predicted octanol–water partition coefficient (Wildman–Crippen LogP) is 4.44. The van der Waals surface area contributed by atoms with Crippen molar-refractivity contribution in [3.63, 3.8) is 0 Å². The van der Waals surface area contributed by atoms with Gasteiger partial charge in [0.15, 0.2) is 0 Å². The molecule has 1 aliphatic heterocycles. The number of benzene rings is 1.